The first-order valence-electron chi connectivity index (χ1n) is 6.11. The molecule has 110 valence electrons. The summed E-state index contributed by atoms with van der Waals surface area (Å²) in [5.41, 5.74) is 0.889. The van der Waals surface area contributed by atoms with E-state index >= 15 is 0 Å². The Morgan fingerprint density at radius 1 is 1.24 bits per heavy atom. The Labute approximate surface area is 125 Å². The second-order valence-corrected chi connectivity index (χ2v) is 4.94. The van der Waals surface area contributed by atoms with Gasteiger partial charge >= 0.3 is 0 Å². The lowest BCUT2D eigenvalue weighted by atomic mass is 10.1. The number of hydrogen-bond donors (Lipinski definition) is 3. The normalized spacial score (nSPS) is 11.9. The van der Waals surface area contributed by atoms with E-state index in [1.807, 2.05) is 0 Å². The third-order valence-electron chi connectivity index (χ3n) is 3.01. The number of anilines is 1. The van der Waals surface area contributed by atoms with Gasteiger partial charge in [0.05, 0.1) is 21.7 Å². The van der Waals surface area contributed by atoms with Gasteiger partial charge in [-0.05, 0) is 31.2 Å². The SMILES string of the molecule is CC(Nc1ccc([N+](=O)[O-])cc1Cl)c1cc(O)ccc1O. The highest BCUT2D eigenvalue weighted by atomic mass is 35.5. The number of nitro benzene ring substituents is 1. The fourth-order valence-corrected chi connectivity index (χ4v) is 2.16. The minimum absolute atomic E-state index is 0.0332. The Hall–Kier alpha value is -2.47. The molecule has 0 aliphatic carbocycles. The van der Waals surface area contributed by atoms with Gasteiger partial charge in [0, 0.05) is 17.7 Å². The van der Waals surface area contributed by atoms with Crippen LogP contribution in [0.3, 0.4) is 0 Å². The standard InChI is InChI=1S/C14H13ClN2O4/c1-8(11-7-10(18)3-5-14(11)19)16-13-4-2-9(17(20)21)6-12(13)15/h2-8,16,18-19H,1H3. The molecule has 1 atom stereocenters. The molecule has 0 amide bonds. The Bertz CT molecular complexity index is 691. The van der Waals surface area contributed by atoms with Gasteiger partial charge in [-0.1, -0.05) is 11.6 Å². The van der Waals surface area contributed by atoms with Crippen molar-refractivity contribution in [2.24, 2.45) is 0 Å². The second-order valence-electron chi connectivity index (χ2n) is 4.53. The molecule has 0 aliphatic rings. The predicted octanol–water partition coefficient (Wildman–Crippen LogP) is 3.83. The van der Waals surface area contributed by atoms with Crippen molar-refractivity contribution >= 4 is 23.0 Å². The molecule has 0 bridgehead atoms. The van der Waals surface area contributed by atoms with Crippen LogP contribution in [0, 0.1) is 10.1 Å². The summed E-state index contributed by atoms with van der Waals surface area (Å²) in [4.78, 5) is 10.1. The summed E-state index contributed by atoms with van der Waals surface area (Å²) in [6, 6.07) is 7.94. The van der Waals surface area contributed by atoms with Crippen LogP contribution in [0.4, 0.5) is 11.4 Å². The number of nitrogens with zero attached hydrogens (tertiary/aromatic N) is 1. The maximum absolute atomic E-state index is 10.7. The average molecular weight is 309 g/mol. The number of rotatable bonds is 4. The van der Waals surface area contributed by atoms with E-state index in [1.54, 1.807) is 6.92 Å². The molecule has 0 saturated heterocycles. The van der Waals surface area contributed by atoms with Crippen molar-refractivity contribution < 1.29 is 15.1 Å². The van der Waals surface area contributed by atoms with Crippen molar-refractivity contribution in [3.63, 3.8) is 0 Å². The molecule has 0 heterocycles. The molecule has 3 N–H and O–H groups in total. The molecule has 21 heavy (non-hydrogen) atoms. The molecule has 0 spiro atoms. The van der Waals surface area contributed by atoms with E-state index in [9.17, 15) is 20.3 Å². The Morgan fingerprint density at radius 3 is 2.57 bits per heavy atom. The van der Waals surface area contributed by atoms with Crippen LogP contribution < -0.4 is 5.32 Å². The van der Waals surface area contributed by atoms with Crippen molar-refractivity contribution in [3.8, 4) is 11.5 Å². The highest BCUT2D eigenvalue weighted by molar-refractivity contribution is 6.33. The van der Waals surface area contributed by atoms with Crippen LogP contribution >= 0.6 is 11.6 Å². The second kappa shape index (κ2) is 5.88. The van der Waals surface area contributed by atoms with E-state index in [0.29, 0.717) is 11.3 Å². The molecule has 0 aromatic heterocycles. The van der Waals surface area contributed by atoms with E-state index in [-0.39, 0.29) is 28.3 Å². The first-order valence-corrected chi connectivity index (χ1v) is 6.48. The maximum Gasteiger partial charge on any atom is 0.271 e. The van der Waals surface area contributed by atoms with Gasteiger partial charge in [0.2, 0.25) is 0 Å². The molecule has 2 aromatic carbocycles. The van der Waals surface area contributed by atoms with Crippen LogP contribution in [0.15, 0.2) is 36.4 Å². The van der Waals surface area contributed by atoms with Crippen molar-refractivity contribution in [1.29, 1.82) is 0 Å². The topological polar surface area (TPSA) is 95.6 Å². The number of nitro groups is 1. The zero-order valence-corrected chi connectivity index (χ0v) is 11.8. The van der Waals surface area contributed by atoms with Crippen molar-refractivity contribution in [1.82, 2.24) is 0 Å². The van der Waals surface area contributed by atoms with E-state index in [2.05, 4.69) is 5.32 Å². The van der Waals surface area contributed by atoms with Gasteiger partial charge < -0.3 is 15.5 Å². The highest BCUT2D eigenvalue weighted by Gasteiger charge is 2.14. The fraction of sp³-hybridized carbons (Fsp3) is 0.143. The summed E-state index contributed by atoms with van der Waals surface area (Å²) >= 11 is 6.00. The van der Waals surface area contributed by atoms with Gasteiger partial charge in [-0.2, -0.15) is 0 Å². The number of phenols is 2. The van der Waals surface area contributed by atoms with Gasteiger partial charge in [0.1, 0.15) is 11.5 Å². The molecule has 2 aromatic rings. The number of aromatic hydroxyl groups is 2. The first-order chi connectivity index (χ1) is 9.88. The molecule has 2 rings (SSSR count). The largest absolute Gasteiger partial charge is 0.508 e. The number of hydrogen-bond acceptors (Lipinski definition) is 5. The molecular weight excluding hydrogens is 296 g/mol. The average Bonchev–Trinajstić information content (AvgIpc) is 2.43. The van der Waals surface area contributed by atoms with E-state index < -0.39 is 4.92 Å². The Morgan fingerprint density at radius 2 is 1.95 bits per heavy atom. The summed E-state index contributed by atoms with van der Waals surface area (Å²) in [6.45, 7) is 1.77. The molecule has 1 unspecified atom stereocenters. The van der Waals surface area contributed by atoms with Crippen LogP contribution in [0.2, 0.25) is 5.02 Å². The van der Waals surface area contributed by atoms with Gasteiger partial charge in [-0.3, -0.25) is 10.1 Å². The molecule has 0 fully saturated rings. The smallest absolute Gasteiger partial charge is 0.271 e. The molecule has 0 aliphatic heterocycles. The van der Waals surface area contributed by atoms with Gasteiger partial charge in [-0.15, -0.1) is 0 Å². The predicted molar refractivity (Wildman–Crippen MR) is 79.9 cm³/mol. The molecule has 0 saturated carbocycles. The lowest BCUT2D eigenvalue weighted by molar-refractivity contribution is -0.384. The van der Waals surface area contributed by atoms with Crippen LogP contribution in [0.1, 0.15) is 18.5 Å². The summed E-state index contributed by atoms with van der Waals surface area (Å²) in [7, 11) is 0. The zero-order chi connectivity index (χ0) is 15.6. The first kappa shape index (κ1) is 14.9. The number of nitrogens with one attached hydrogen (secondary N) is 1. The Balaban J connectivity index is 2.25. The van der Waals surface area contributed by atoms with Crippen LogP contribution in [-0.4, -0.2) is 15.1 Å². The number of halogens is 1. The van der Waals surface area contributed by atoms with E-state index in [1.165, 1.54) is 36.4 Å². The Kier molecular flexibility index (Phi) is 4.18. The minimum atomic E-state index is -0.528. The van der Waals surface area contributed by atoms with Crippen LogP contribution in [0.25, 0.3) is 0 Å². The van der Waals surface area contributed by atoms with Crippen molar-refractivity contribution in [2.45, 2.75) is 13.0 Å². The summed E-state index contributed by atoms with van der Waals surface area (Å²) in [5, 5.41) is 33.2. The minimum Gasteiger partial charge on any atom is -0.508 e. The van der Waals surface area contributed by atoms with Crippen LogP contribution in [-0.2, 0) is 0 Å². The molecular formula is C14H13ClN2O4. The number of phenolic OH excluding ortho intramolecular Hbond substituents is 2. The third kappa shape index (κ3) is 3.35. The summed E-state index contributed by atoms with van der Waals surface area (Å²) < 4.78 is 0. The number of non-ortho nitro benzene ring substituents is 1. The highest BCUT2D eigenvalue weighted by Crippen LogP contribution is 2.33. The third-order valence-corrected chi connectivity index (χ3v) is 3.33. The summed E-state index contributed by atoms with van der Waals surface area (Å²) in [5.74, 6) is 0.0667. The van der Waals surface area contributed by atoms with E-state index in [0.717, 1.165) is 0 Å². The van der Waals surface area contributed by atoms with Crippen molar-refractivity contribution in [2.75, 3.05) is 5.32 Å². The van der Waals surface area contributed by atoms with Gasteiger partial charge in [0.25, 0.3) is 5.69 Å². The van der Waals surface area contributed by atoms with Crippen LogP contribution in [0.5, 0.6) is 11.5 Å². The number of benzene rings is 2. The van der Waals surface area contributed by atoms with Crippen molar-refractivity contribution in [3.05, 3.63) is 57.1 Å². The van der Waals surface area contributed by atoms with E-state index in [4.69, 9.17) is 11.6 Å². The molecule has 7 heteroatoms. The lowest BCUT2D eigenvalue weighted by Crippen LogP contribution is -2.07. The fourth-order valence-electron chi connectivity index (χ4n) is 1.93. The molecule has 0 radical (unpaired) electrons. The maximum atomic E-state index is 10.7. The monoisotopic (exact) mass is 308 g/mol. The van der Waals surface area contributed by atoms with Gasteiger partial charge in [-0.25, -0.2) is 0 Å². The van der Waals surface area contributed by atoms with Gasteiger partial charge in [0.15, 0.2) is 0 Å². The lowest BCUT2D eigenvalue weighted by Gasteiger charge is -2.18. The molecule has 6 nitrogen and oxygen atoms in total. The zero-order valence-electron chi connectivity index (χ0n) is 11.1. The quantitative estimate of drug-likeness (QED) is 0.453. The summed E-state index contributed by atoms with van der Waals surface area (Å²) in [6.07, 6.45) is 0.